The molecule has 1 fully saturated rings. The van der Waals surface area contributed by atoms with E-state index in [2.05, 4.69) is 34.8 Å². The third kappa shape index (κ3) is 2.33. The number of nitrogens with two attached hydrogens (primary N) is 1. The number of hydrogen-bond acceptors (Lipinski definition) is 4. The standard InChI is InChI=1S/C12H20N4/c1-10-9-16(7-6-15(10)2)12-5-3-4-11(8-13)14-12/h3-5,10H,6-9,13H2,1-2H3. The van der Waals surface area contributed by atoms with Crippen LogP contribution in [0, 0.1) is 0 Å². The van der Waals surface area contributed by atoms with Crippen LogP contribution in [0.3, 0.4) is 0 Å². The first-order chi connectivity index (χ1) is 7.70. The normalized spacial score (nSPS) is 22.4. The molecular weight excluding hydrogens is 200 g/mol. The molecule has 2 rings (SSSR count). The van der Waals surface area contributed by atoms with Crippen LogP contribution in [-0.4, -0.2) is 42.6 Å². The zero-order valence-corrected chi connectivity index (χ0v) is 10.1. The third-order valence-corrected chi connectivity index (χ3v) is 3.28. The van der Waals surface area contributed by atoms with Gasteiger partial charge in [-0.2, -0.15) is 0 Å². The molecule has 0 aromatic carbocycles. The second-order valence-electron chi connectivity index (χ2n) is 4.47. The number of piperazine rings is 1. The van der Waals surface area contributed by atoms with Gasteiger partial charge in [0.1, 0.15) is 5.82 Å². The lowest BCUT2D eigenvalue weighted by molar-refractivity contribution is 0.233. The highest BCUT2D eigenvalue weighted by Gasteiger charge is 2.21. The SMILES string of the molecule is CC1CN(c2cccc(CN)n2)CCN1C. The highest BCUT2D eigenvalue weighted by atomic mass is 15.3. The molecule has 1 unspecified atom stereocenters. The molecule has 0 aliphatic carbocycles. The highest BCUT2D eigenvalue weighted by Crippen LogP contribution is 2.16. The van der Waals surface area contributed by atoms with Crippen LogP contribution in [0.15, 0.2) is 18.2 Å². The lowest BCUT2D eigenvalue weighted by atomic mass is 10.2. The Morgan fingerprint density at radius 1 is 1.44 bits per heavy atom. The Hall–Kier alpha value is -1.13. The molecule has 4 heteroatoms. The Kier molecular flexibility index (Phi) is 3.41. The van der Waals surface area contributed by atoms with Gasteiger partial charge in [0.2, 0.25) is 0 Å². The number of hydrogen-bond donors (Lipinski definition) is 1. The van der Waals surface area contributed by atoms with E-state index < -0.39 is 0 Å². The Morgan fingerprint density at radius 3 is 2.94 bits per heavy atom. The van der Waals surface area contributed by atoms with Gasteiger partial charge in [0.25, 0.3) is 0 Å². The number of rotatable bonds is 2. The molecule has 0 spiro atoms. The fourth-order valence-corrected chi connectivity index (χ4v) is 2.01. The maximum Gasteiger partial charge on any atom is 0.128 e. The van der Waals surface area contributed by atoms with Crippen molar-refractivity contribution in [3.8, 4) is 0 Å². The molecule has 2 heterocycles. The Balaban J connectivity index is 2.12. The van der Waals surface area contributed by atoms with Gasteiger partial charge in [0.05, 0.1) is 5.69 Å². The van der Waals surface area contributed by atoms with E-state index in [-0.39, 0.29) is 0 Å². The molecule has 1 aromatic heterocycles. The molecule has 1 aliphatic heterocycles. The predicted octanol–water partition coefficient (Wildman–Crippen LogP) is 0.681. The van der Waals surface area contributed by atoms with Gasteiger partial charge in [-0.15, -0.1) is 0 Å². The van der Waals surface area contributed by atoms with Gasteiger partial charge in [-0.25, -0.2) is 4.98 Å². The van der Waals surface area contributed by atoms with E-state index in [1.807, 2.05) is 12.1 Å². The maximum atomic E-state index is 5.61. The van der Waals surface area contributed by atoms with Crippen molar-refractivity contribution >= 4 is 5.82 Å². The Bertz CT molecular complexity index is 353. The zero-order valence-electron chi connectivity index (χ0n) is 10.1. The Morgan fingerprint density at radius 2 is 2.25 bits per heavy atom. The van der Waals surface area contributed by atoms with Crippen LogP contribution in [0.5, 0.6) is 0 Å². The van der Waals surface area contributed by atoms with Crippen LogP contribution in [0.2, 0.25) is 0 Å². The van der Waals surface area contributed by atoms with E-state index in [1.165, 1.54) is 0 Å². The molecule has 88 valence electrons. The van der Waals surface area contributed by atoms with E-state index in [0.29, 0.717) is 12.6 Å². The number of likely N-dealkylation sites (N-methyl/N-ethyl adjacent to an activating group) is 1. The van der Waals surface area contributed by atoms with Crippen molar-refractivity contribution < 1.29 is 0 Å². The zero-order chi connectivity index (χ0) is 11.5. The van der Waals surface area contributed by atoms with Crippen molar-refractivity contribution in [2.24, 2.45) is 5.73 Å². The first-order valence-corrected chi connectivity index (χ1v) is 5.82. The second-order valence-corrected chi connectivity index (χ2v) is 4.47. The van der Waals surface area contributed by atoms with Crippen LogP contribution in [0.4, 0.5) is 5.82 Å². The predicted molar refractivity (Wildman–Crippen MR) is 66.4 cm³/mol. The summed E-state index contributed by atoms with van der Waals surface area (Å²) in [7, 11) is 2.17. The average molecular weight is 220 g/mol. The first-order valence-electron chi connectivity index (χ1n) is 5.82. The minimum Gasteiger partial charge on any atom is -0.354 e. The molecule has 2 N–H and O–H groups in total. The summed E-state index contributed by atoms with van der Waals surface area (Å²) in [6, 6.07) is 6.66. The number of pyridine rings is 1. The molecule has 0 bridgehead atoms. The van der Waals surface area contributed by atoms with E-state index in [9.17, 15) is 0 Å². The summed E-state index contributed by atoms with van der Waals surface area (Å²) >= 11 is 0. The molecule has 1 aromatic rings. The van der Waals surface area contributed by atoms with Gasteiger partial charge in [-0.1, -0.05) is 6.07 Å². The monoisotopic (exact) mass is 220 g/mol. The van der Waals surface area contributed by atoms with Crippen molar-refractivity contribution in [3.63, 3.8) is 0 Å². The first kappa shape index (κ1) is 11.4. The second kappa shape index (κ2) is 4.80. The van der Waals surface area contributed by atoms with Crippen molar-refractivity contribution in [1.29, 1.82) is 0 Å². The molecule has 4 nitrogen and oxygen atoms in total. The molecule has 1 aliphatic rings. The molecular formula is C12H20N4. The summed E-state index contributed by atoms with van der Waals surface area (Å²) in [5, 5.41) is 0. The summed E-state index contributed by atoms with van der Waals surface area (Å²) in [5.41, 5.74) is 6.57. The van der Waals surface area contributed by atoms with Gasteiger partial charge in [0, 0.05) is 32.2 Å². The molecule has 0 amide bonds. The summed E-state index contributed by atoms with van der Waals surface area (Å²) < 4.78 is 0. The highest BCUT2D eigenvalue weighted by molar-refractivity contribution is 5.40. The lowest BCUT2D eigenvalue weighted by Gasteiger charge is -2.38. The largest absolute Gasteiger partial charge is 0.354 e. The van der Waals surface area contributed by atoms with Crippen molar-refractivity contribution in [1.82, 2.24) is 9.88 Å². The van der Waals surface area contributed by atoms with Gasteiger partial charge >= 0.3 is 0 Å². The minimum absolute atomic E-state index is 0.511. The lowest BCUT2D eigenvalue weighted by Crippen LogP contribution is -2.50. The Labute approximate surface area is 97.1 Å². The van der Waals surface area contributed by atoms with Gasteiger partial charge in [0.15, 0.2) is 0 Å². The maximum absolute atomic E-state index is 5.61. The van der Waals surface area contributed by atoms with Crippen LogP contribution in [0.1, 0.15) is 12.6 Å². The number of anilines is 1. The molecule has 0 radical (unpaired) electrons. The minimum atomic E-state index is 0.511. The van der Waals surface area contributed by atoms with Crippen LogP contribution in [-0.2, 0) is 6.54 Å². The molecule has 16 heavy (non-hydrogen) atoms. The summed E-state index contributed by atoms with van der Waals surface area (Å²) in [5.74, 6) is 1.06. The van der Waals surface area contributed by atoms with E-state index in [4.69, 9.17) is 5.73 Å². The topological polar surface area (TPSA) is 45.4 Å². The molecule has 1 atom stereocenters. The van der Waals surface area contributed by atoms with Crippen molar-refractivity contribution in [2.45, 2.75) is 19.5 Å². The summed E-state index contributed by atoms with van der Waals surface area (Å²) in [6.45, 7) is 5.94. The molecule has 0 saturated carbocycles. The van der Waals surface area contributed by atoms with E-state index in [0.717, 1.165) is 31.1 Å². The van der Waals surface area contributed by atoms with E-state index in [1.54, 1.807) is 0 Å². The quantitative estimate of drug-likeness (QED) is 0.796. The van der Waals surface area contributed by atoms with Gasteiger partial charge < -0.3 is 15.5 Å². The van der Waals surface area contributed by atoms with E-state index >= 15 is 0 Å². The molecule has 1 saturated heterocycles. The smallest absolute Gasteiger partial charge is 0.128 e. The van der Waals surface area contributed by atoms with Gasteiger partial charge in [-0.05, 0) is 26.1 Å². The van der Waals surface area contributed by atoms with Crippen LogP contribution in [0.25, 0.3) is 0 Å². The summed E-state index contributed by atoms with van der Waals surface area (Å²) in [6.07, 6.45) is 0. The van der Waals surface area contributed by atoms with Crippen LogP contribution < -0.4 is 10.6 Å². The van der Waals surface area contributed by atoms with Crippen LogP contribution >= 0.6 is 0 Å². The number of nitrogens with zero attached hydrogens (tertiary/aromatic N) is 3. The third-order valence-electron chi connectivity index (χ3n) is 3.28. The van der Waals surface area contributed by atoms with Crippen molar-refractivity contribution in [2.75, 3.05) is 31.6 Å². The fraction of sp³-hybridized carbons (Fsp3) is 0.583. The van der Waals surface area contributed by atoms with Gasteiger partial charge in [-0.3, -0.25) is 0 Å². The average Bonchev–Trinajstić information content (AvgIpc) is 2.33. The fourth-order valence-electron chi connectivity index (χ4n) is 2.01. The van der Waals surface area contributed by atoms with Crippen molar-refractivity contribution in [3.05, 3.63) is 23.9 Å². The number of aromatic nitrogens is 1. The summed E-state index contributed by atoms with van der Waals surface area (Å²) in [4.78, 5) is 9.27.